The number of hydrogen-bond acceptors (Lipinski definition) is 2. The van der Waals surface area contributed by atoms with Crippen molar-refractivity contribution in [2.24, 2.45) is 0 Å². The smallest absolute Gasteiger partial charge is 0.160 e. The van der Waals surface area contributed by atoms with Crippen LogP contribution >= 0.6 is 0 Å². The number of benzene rings is 9. The first-order valence-corrected chi connectivity index (χ1v) is 19.4. The monoisotopic (exact) mass is 725 g/mol. The highest BCUT2D eigenvalue weighted by Crippen LogP contribution is 2.40. The summed E-state index contributed by atoms with van der Waals surface area (Å²) in [4.78, 5) is 10.9. The molecular formula is C54H35N3. The molecule has 0 unspecified atom stereocenters. The summed E-state index contributed by atoms with van der Waals surface area (Å²) in [6, 6.07) is 75.7. The molecule has 0 saturated heterocycles. The lowest BCUT2D eigenvalue weighted by atomic mass is 9.91. The molecule has 3 nitrogen and oxygen atoms in total. The Balaban J connectivity index is 1.10. The van der Waals surface area contributed by atoms with Crippen LogP contribution in [0.3, 0.4) is 0 Å². The van der Waals surface area contributed by atoms with Crippen molar-refractivity contribution in [2.75, 3.05) is 0 Å². The summed E-state index contributed by atoms with van der Waals surface area (Å²) in [5.74, 6) is 0.692. The zero-order chi connectivity index (χ0) is 37.7. The van der Waals surface area contributed by atoms with E-state index >= 15 is 0 Å². The molecule has 0 fully saturated rings. The van der Waals surface area contributed by atoms with Crippen molar-refractivity contribution >= 4 is 43.5 Å². The fourth-order valence-electron chi connectivity index (χ4n) is 8.49. The maximum atomic E-state index is 5.49. The van der Waals surface area contributed by atoms with Crippen molar-refractivity contribution in [3.05, 3.63) is 212 Å². The van der Waals surface area contributed by atoms with Gasteiger partial charge in [0.2, 0.25) is 0 Å². The molecule has 0 spiro atoms. The van der Waals surface area contributed by atoms with Crippen molar-refractivity contribution in [1.82, 2.24) is 14.5 Å². The first-order valence-electron chi connectivity index (χ1n) is 19.4. The molecular weight excluding hydrogens is 691 g/mol. The van der Waals surface area contributed by atoms with E-state index in [1.54, 1.807) is 0 Å². The molecule has 0 amide bonds. The van der Waals surface area contributed by atoms with Crippen molar-refractivity contribution in [1.29, 1.82) is 0 Å². The normalized spacial score (nSPS) is 11.5. The van der Waals surface area contributed by atoms with Crippen molar-refractivity contribution in [2.45, 2.75) is 0 Å². The number of para-hydroxylation sites is 2. The zero-order valence-corrected chi connectivity index (χ0v) is 31.0. The van der Waals surface area contributed by atoms with Gasteiger partial charge in [-0.25, -0.2) is 9.97 Å². The molecule has 266 valence electrons. The topological polar surface area (TPSA) is 30.7 Å². The predicted molar refractivity (Wildman–Crippen MR) is 239 cm³/mol. The van der Waals surface area contributed by atoms with Gasteiger partial charge in [-0.05, 0) is 97.4 Å². The minimum absolute atomic E-state index is 0.692. The Labute approximate surface area is 330 Å². The number of hydrogen-bond donors (Lipinski definition) is 0. The van der Waals surface area contributed by atoms with E-state index in [1.165, 1.54) is 38.2 Å². The third kappa shape index (κ3) is 5.68. The summed E-state index contributed by atoms with van der Waals surface area (Å²) in [6.45, 7) is 0. The van der Waals surface area contributed by atoms with Crippen molar-refractivity contribution in [3.8, 4) is 61.7 Å². The van der Waals surface area contributed by atoms with Crippen LogP contribution in [0.2, 0.25) is 0 Å². The van der Waals surface area contributed by atoms with Crippen molar-refractivity contribution < 1.29 is 0 Å². The molecule has 0 aliphatic carbocycles. The molecule has 0 aliphatic heterocycles. The van der Waals surface area contributed by atoms with Gasteiger partial charge < -0.3 is 4.57 Å². The number of aromatic nitrogens is 3. The van der Waals surface area contributed by atoms with Crippen LogP contribution < -0.4 is 0 Å². The van der Waals surface area contributed by atoms with Gasteiger partial charge >= 0.3 is 0 Å². The fraction of sp³-hybridized carbons (Fsp3) is 0. The molecule has 2 aromatic heterocycles. The highest BCUT2D eigenvalue weighted by atomic mass is 15.0. The SMILES string of the molecule is c1ccc(-c2cccc(-c3nc(-c4cccc(-c5cccc(-c6cc7ccccc7c7ccccc67)c5)c4)nc4c5ccccc5n(-c5ccccc5)c34)c2)cc1. The second kappa shape index (κ2) is 13.6. The van der Waals surface area contributed by atoms with Crippen LogP contribution in [0.1, 0.15) is 0 Å². The molecule has 0 N–H and O–H groups in total. The lowest BCUT2D eigenvalue weighted by Gasteiger charge is -2.14. The molecule has 0 aliphatic rings. The Hall–Kier alpha value is -7.62. The molecule has 11 aromatic rings. The lowest BCUT2D eigenvalue weighted by Crippen LogP contribution is -2.00. The summed E-state index contributed by atoms with van der Waals surface area (Å²) in [5, 5.41) is 6.12. The van der Waals surface area contributed by atoms with Crippen LogP contribution in [-0.4, -0.2) is 14.5 Å². The Morgan fingerprint density at radius 1 is 0.333 bits per heavy atom. The van der Waals surface area contributed by atoms with Crippen LogP contribution in [0, 0.1) is 0 Å². The van der Waals surface area contributed by atoms with Crippen LogP contribution in [0.5, 0.6) is 0 Å². The number of nitrogens with zero attached hydrogens (tertiary/aromatic N) is 3. The van der Waals surface area contributed by atoms with Gasteiger partial charge in [0.25, 0.3) is 0 Å². The van der Waals surface area contributed by atoms with E-state index in [9.17, 15) is 0 Å². The highest BCUT2D eigenvalue weighted by Gasteiger charge is 2.21. The molecule has 0 saturated carbocycles. The highest BCUT2D eigenvalue weighted by molar-refractivity contribution is 6.14. The Morgan fingerprint density at radius 3 is 1.63 bits per heavy atom. The summed E-state index contributed by atoms with van der Waals surface area (Å²) in [7, 11) is 0. The zero-order valence-electron chi connectivity index (χ0n) is 31.0. The Morgan fingerprint density at radius 2 is 0.860 bits per heavy atom. The third-order valence-corrected chi connectivity index (χ3v) is 11.2. The molecule has 0 bridgehead atoms. The minimum Gasteiger partial charge on any atom is -0.306 e. The maximum absolute atomic E-state index is 5.49. The van der Waals surface area contributed by atoms with Crippen LogP contribution in [0.4, 0.5) is 0 Å². The Bertz CT molecular complexity index is 3290. The predicted octanol–water partition coefficient (Wildman–Crippen LogP) is 14.2. The van der Waals surface area contributed by atoms with E-state index in [4.69, 9.17) is 9.97 Å². The van der Waals surface area contributed by atoms with Crippen LogP contribution in [0.15, 0.2) is 212 Å². The number of rotatable bonds is 6. The van der Waals surface area contributed by atoms with Gasteiger partial charge in [-0.3, -0.25) is 0 Å². The largest absolute Gasteiger partial charge is 0.306 e. The summed E-state index contributed by atoms with van der Waals surface area (Å²) < 4.78 is 2.32. The average molecular weight is 726 g/mol. The van der Waals surface area contributed by atoms with Crippen LogP contribution in [-0.2, 0) is 0 Å². The molecule has 57 heavy (non-hydrogen) atoms. The van der Waals surface area contributed by atoms with Gasteiger partial charge in [-0.2, -0.15) is 0 Å². The van der Waals surface area contributed by atoms with Gasteiger partial charge in [0.15, 0.2) is 5.82 Å². The van der Waals surface area contributed by atoms with E-state index in [0.717, 1.165) is 61.1 Å². The summed E-state index contributed by atoms with van der Waals surface area (Å²) >= 11 is 0. The second-order valence-electron chi connectivity index (χ2n) is 14.6. The van der Waals surface area contributed by atoms with Gasteiger partial charge in [0.1, 0.15) is 5.52 Å². The maximum Gasteiger partial charge on any atom is 0.160 e. The minimum atomic E-state index is 0.692. The molecule has 0 radical (unpaired) electrons. The van der Waals surface area contributed by atoms with E-state index in [2.05, 4.69) is 217 Å². The molecule has 0 atom stereocenters. The van der Waals surface area contributed by atoms with Gasteiger partial charge in [0, 0.05) is 22.2 Å². The second-order valence-corrected chi connectivity index (χ2v) is 14.6. The van der Waals surface area contributed by atoms with Gasteiger partial charge in [0.05, 0.1) is 16.7 Å². The van der Waals surface area contributed by atoms with Crippen molar-refractivity contribution in [3.63, 3.8) is 0 Å². The first kappa shape index (κ1) is 32.8. The quantitative estimate of drug-likeness (QED) is 0.160. The molecule has 9 aromatic carbocycles. The first-order chi connectivity index (χ1) is 28.3. The molecule has 2 heterocycles. The fourth-order valence-corrected chi connectivity index (χ4v) is 8.49. The van der Waals surface area contributed by atoms with E-state index < -0.39 is 0 Å². The standard InChI is InChI=1S/C54H35N3/c1-3-16-36(17-4-1)37-19-14-23-42(33-37)51-53-52(48-30-11-12-31-50(48)57(53)44-25-5-2-6-26-44)56-54(55-51)43-24-15-21-39(34-43)38-20-13-22-40(32-38)49-35-41-18-7-8-27-45(41)46-28-9-10-29-47(46)49/h1-35H. The Kier molecular flexibility index (Phi) is 7.82. The van der Waals surface area contributed by atoms with E-state index in [1.807, 2.05) is 0 Å². The van der Waals surface area contributed by atoms with E-state index in [-0.39, 0.29) is 0 Å². The third-order valence-electron chi connectivity index (χ3n) is 11.2. The van der Waals surface area contributed by atoms with Gasteiger partial charge in [-0.1, -0.05) is 170 Å². The average Bonchev–Trinajstić information content (AvgIpc) is 3.63. The van der Waals surface area contributed by atoms with Crippen LogP contribution in [0.25, 0.3) is 105 Å². The van der Waals surface area contributed by atoms with Gasteiger partial charge in [-0.15, -0.1) is 0 Å². The molecule has 11 rings (SSSR count). The summed E-state index contributed by atoms with van der Waals surface area (Å²) in [6.07, 6.45) is 0. The summed E-state index contributed by atoms with van der Waals surface area (Å²) in [5.41, 5.74) is 14.0. The lowest BCUT2D eigenvalue weighted by molar-refractivity contribution is 1.15. The molecule has 3 heteroatoms. The van der Waals surface area contributed by atoms with E-state index in [0.29, 0.717) is 5.82 Å². The number of fused-ring (bicyclic) bond motifs is 6.